The van der Waals surface area contributed by atoms with Crippen LogP contribution in [0.25, 0.3) is 10.9 Å². The van der Waals surface area contributed by atoms with Crippen molar-refractivity contribution >= 4 is 70.9 Å². The number of carbonyl (C=O) groups is 7. The van der Waals surface area contributed by atoms with E-state index in [1.807, 2.05) is 31.2 Å². The number of nitrogens with two attached hydrogens (primary N) is 2. The van der Waals surface area contributed by atoms with Gasteiger partial charge in [0.1, 0.15) is 35.9 Å². The number of para-hydroxylation sites is 1. The lowest BCUT2D eigenvalue weighted by atomic mass is 10.0. The van der Waals surface area contributed by atoms with Crippen LogP contribution >= 0.6 is 12.6 Å². The number of thiol groups is 1. The van der Waals surface area contributed by atoms with E-state index in [-0.39, 0.29) is 63.3 Å². The largest absolute Gasteiger partial charge is 0.481 e. The summed E-state index contributed by atoms with van der Waals surface area (Å²) in [5.41, 5.74) is 12.5. The molecule has 0 saturated carbocycles. The van der Waals surface area contributed by atoms with Crippen molar-refractivity contribution in [2.75, 3.05) is 18.8 Å². The highest BCUT2D eigenvalue weighted by Gasteiger charge is 2.35. The van der Waals surface area contributed by atoms with Gasteiger partial charge in [0.15, 0.2) is 5.96 Å². The maximum atomic E-state index is 14.6. The minimum Gasteiger partial charge on any atom is -0.481 e. The van der Waals surface area contributed by atoms with Crippen LogP contribution in [-0.4, -0.2) is 134 Å². The number of H-pyrrole nitrogens is 2. The summed E-state index contributed by atoms with van der Waals surface area (Å²) >= 11 is 4.34. The van der Waals surface area contributed by atoms with Crippen LogP contribution in [-0.2, 0) is 57.7 Å². The van der Waals surface area contributed by atoms with E-state index in [1.165, 1.54) is 26.4 Å². The molecule has 0 spiro atoms. The van der Waals surface area contributed by atoms with Crippen molar-refractivity contribution in [2.45, 2.75) is 140 Å². The number of aliphatic carboxylic acids is 1. The van der Waals surface area contributed by atoms with Gasteiger partial charge in [-0.15, -0.1) is 0 Å². The quantitative estimate of drug-likeness (QED) is 0.00600. The van der Waals surface area contributed by atoms with E-state index < -0.39 is 83.4 Å². The molecule has 0 fully saturated rings. The van der Waals surface area contributed by atoms with Crippen molar-refractivity contribution in [1.29, 1.82) is 0 Å². The zero-order valence-corrected chi connectivity index (χ0v) is 43.1. The summed E-state index contributed by atoms with van der Waals surface area (Å²) < 4.78 is 0. The fourth-order valence-corrected chi connectivity index (χ4v) is 8.24. The fraction of sp³-hybridized carbons (Fsp3) is 0.500. The van der Waals surface area contributed by atoms with Gasteiger partial charge >= 0.3 is 5.97 Å². The summed E-state index contributed by atoms with van der Waals surface area (Å²) in [6.07, 6.45) is 7.96. The van der Waals surface area contributed by atoms with Crippen LogP contribution in [0.15, 0.2) is 78.3 Å². The summed E-state index contributed by atoms with van der Waals surface area (Å²) in [7, 11) is 0. The number of nitrogens with zero attached hydrogens (tertiary/aromatic N) is 2. The second-order valence-corrected chi connectivity index (χ2v) is 18.8. The Hall–Kier alpha value is -7.02. The zero-order valence-electron chi connectivity index (χ0n) is 42.2. The van der Waals surface area contributed by atoms with Gasteiger partial charge in [-0.05, 0) is 63.1 Å². The number of hydrogen-bond donors (Lipinski definition) is 14. The molecule has 4 rings (SSSR count). The molecule has 6 unspecified atom stereocenters. The summed E-state index contributed by atoms with van der Waals surface area (Å²) in [4.78, 5) is 115. The van der Waals surface area contributed by atoms with Crippen LogP contribution in [0.5, 0.6) is 0 Å². The van der Waals surface area contributed by atoms with Gasteiger partial charge in [-0.3, -0.25) is 43.9 Å². The molecule has 0 bridgehead atoms. The van der Waals surface area contributed by atoms with E-state index >= 15 is 0 Å². The topological polar surface area (TPSA) is 362 Å². The molecule has 4 aromatic rings. The number of imidazole rings is 1. The Bertz CT molecular complexity index is 2450. The smallest absolute Gasteiger partial charge is 0.303 e. The lowest BCUT2D eigenvalue weighted by Crippen LogP contribution is -2.61. The van der Waals surface area contributed by atoms with E-state index in [0.29, 0.717) is 43.4 Å². The maximum Gasteiger partial charge on any atom is 0.303 e. The molecule has 2 heterocycles. The molecule has 0 aliphatic heterocycles. The zero-order chi connectivity index (χ0) is 54.0. The molecule has 2 aromatic heterocycles. The standard InChI is InChI=1S/C50H73N13O10S/c1-4-5-18-37(63-50(2,3)73-72)45(68)62-41(29-74)48(71)61-40(26-33-28-53-30-57-33)47(70)59-38(24-31-15-8-6-9-16-31)46(69)58-36(20-14-23-55-49(51)52)44(67)60-39(43(66)54-22-13-7-10-21-42(64)65)25-32-27-56-35-19-12-11-17-34(32)35/h6,8-9,11-12,15-17,19,27-28,30,36-41,56,63,72,74H,4-5,7,10,13-14,18,20-26,29H2,1-3H3,(H,53,57)(H,54,66)(H,58,69)(H,59,70)(H,60,67)(H,61,71)(H,62,68)(H,64,65)(H4,51,52,55). The predicted octanol–water partition coefficient (Wildman–Crippen LogP) is 1.46. The monoisotopic (exact) mass is 1050 g/mol. The number of aromatic amines is 2. The Kier molecular flexibility index (Phi) is 24.8. The first-order chi connectivity index (χ1) is 35.4. The molecule has 0 aliphatic rings. The Morgan fingerprint density at radius 3 is 1.95 bits per heavy atom. The second kappa shape index (κ2) is 30.9. The van der Waals surface area contributed by atoms with Crippen molar-refractivity contribution in [1.82, 2.24) is 52.2 Å². The number of aliphatic imine (C=N–C) groups is 1. The number of benzene rings is 2. The van der Waals surface area contributed by atoms with Crippen LogP contribution < -0.4 is 48.7 Å². The molecule has 6 atom stereocenters. The molecule has 0 radical (unpaired) electrons. The molecule has 24 heteroatoms. The van der Waals surface area contributed by atoms with Gasteiger partial charge < -0.3 is 58.4 Å². The number of carboxylic acid groups (broad SMARTS) is 1. The first-order valence-electron chi connectivity index (χ1n) is 24.8. The number of unbranched alkanes of at least 4 members (excludes halogenated alkanes) is 3. The molecule has 0 aliphatic carbocycles. The Morgan fingerprint density at radius 1 is 0.716 bits per heavy atom. The van der Waals surface area contributed by atoms with E-state index in [1.54, 1.807) is 36.5 Å². The average molecular weight is 1050 g/mol. The summed E-state index contributed by atoms with van der Waals surface area (Å²) in [6.45, 7) is 5.32. The highest BCUT2D eigenvalue weighted by Crippen LogP contribution is 2.20. The number of fused-ring (bicyclic) bond motifs is 1. The van der Waals surface area contributed by atoms with Gasteiger partial charge in [0.2, 0.25) is 35.4 Å². The molecule has 23 nitrogen and oxygen atoms in total. The third-order valence-corrected chi connectivity index (χ3v) is 12.3. The number of carboxylic acids is 1. The number of guanidine groups is 1. The van der Waals surface area contributed by atoms with Crippen LogP contribution in [0.1, 0.15) is 95.4 Å². The number of carbonyl (C=O) groups excluding carboxylic acids is 6. The van der Waals surface area contributed by atoms with Crippen LogP contribution in [0.3, 0.4) is 0 Å². The number of amides is 6. The minimum absolute atomic E-state index is 0.0000434. The third-order valence-electron chi connectivity index (χ3n) is 11.9. The number of rotatable bonds is 34. The number of hydrogen-bond acceptors (Lipinski definition) is 13. The Morgan fingerprint density at radius 2 is 1.31 bits per heavy atom. The molecule has 15 N–H and O–H groups in total. The Balaban J connectivity index is 1.61. The Labute approximate surface area is 435 Å². The van der Waals surface area contributed by atoms with Crippen molar-refractivity contribution in [3.05, 3.63) is 90.1 Å². The number of nitrogens with one attached hydrogen (secondary N) is 9. The van der Waals surface area contributed by atoms with Gasteiger partial charge in [0, 0.05) is 73.5 Å². The predicted molar refractivity (Wildman–Crippen MR) is 281 cm³/mol. The van der Waals surface area contributed by atoms with E-state index in [9.17, 15) is 38.8 Å². The summed E-state index contributed by atoms with van der Waals surface area (Å²) in [6, 6.07) is 9.08. The maximum absolute atomic E-state index is 14.6. The van der Waals surface area contributed by atoms with Gasteiger partial charge in [-0.2, -0.15) is 12.6 Å². The van der Waals surface area contributed by atoms with E-state index in [2.05, 4.69) is 74.7 Å². The molecule has 404 valence electrons. The van der Waals surface area contributed by atoms with Crippen LogP contribution in [0.4, 0.5) is 0 Å². The minimum atomic E-state index is -1.34. The lowest BCUT2D eigenvalue weighted by molar-refractivity contribution is -0.323. The molecule has 6 amide bonds. The van der Waals surface area contributed by atoms with Gasteiger partial charge in [-0.25, -0.2) is 15.1 Å². The first kappa shape index (κ1) is 59.5. The lowest BCUT2D eigenvalue weighted by Gasteiger charge is -2.30. The summed E-state index contributed by atoms with van der Waals surface area (Å²) in [5, 5.41) is 38.9. The van der Waals surface area contributed by atoms with Crippen molar-refractivity contribution in [3.8, 4) is 0 Å². The van der Waals surface area contributed by atoms with E-state index in [0.717, 1.165) is 22.9 Å². The molecule has 2 aromatic carbocycles. The van der Waals surface area contributed by atoms with Crippen LogP contribution in [0, 0.1) is 0 Å². The van der Waals surface area contributed by atoms with Crippen molar-refractivity contribution < 1.29 is 48.8 Å². The highest BCUT2D eigenvalue weighted by atomic mass is 32.1. The second-order valence-electron chi connectivity index (χ2n) is 18.4. The molecule has 0 saturated heterocycles. The van der Waals surface area contributed by atoms with Crippen LogP contribution in [0.2, 0.25) is 0 Å². The van der Waals surface area contributed by atoms with Gasteiger partial charge in [0.05, 0.1) is 12.4 Å². The molecular weight excluding hydrogens is 975 g/mol. The normalized spacial score (nSPS) is 13.8. The average Bonchev–Trinajstić information content (AvgIpc) is 4.05. The number of aromatic nitrogens is 3. The first-order valence-corrected chi connectivity index (χ1v) is 25.4. The SMILES string of the molecule is CCCCC(NC(C)(C)OO)C(=O)NC(CS)C(=O)NC(Cc1cnc[nH]1)C(=O)NC(Cc1ccccc1)C(=O)NC(CCCN=C(N)N)C(=O)NC(Cc1c[nH]c2ccccc12)C(=O)NCCCCCC(=O)O. The van der Waals surface area contributed by atoms with Gasteiger partial charge in [0.25, 0.3) is 0 Å². The van der Waals surface area contributed by atoms with Gasteiger partial charge in [-0.1, -0.05) is 74.7 Å². The molecular formula is C50H73N13O10S. The summed E-state index contributed by atoms with van der Waals surface area (Å²) in [5.74, 6) is -5.35. The van der Waals surface area contributed by atoms with E-state index in [4.69, 9.17) is 16.6 Å². The highest BCUT2D eigenvalue weighted by molar-refractivity contribution is 7.80. The third kappa shape index (κ3) is 20.5. The molecule has 74 heavy (non-hydrogen) atoms. The fourth-order valence-electron chi connectivity index (χ4n) is 7.98. The van der Waals surface area contributed by atoms with Crippen molar-refractivity contribution in [2.24, 2.45) is 16.5 Å². The van der Waals surface area contributed by atoms with Crippen molar-refractivity contribution in [3.63, 3.8) is 0 Å².